The number of likely N-dealkylation sites (N-methyl/N-ethyl adjacent to an activating group) is 1. The van der Waals surface area contributed by atoms with Crippen molar-refractivity contribution in [1.29, 1.82) is 0 Å². The van der Waals surface area contributed by atoms with E-state index in [1.165, 1.54) is 24.0 Å². The highest BCUT2D eigenvalue weighted by molar-refractivity contribution is 5.35. The summed E-state index contributed by atoms with van der Waals surface area (Å²) >= 11 is 0. The quantitative estimate of drug-likeness (QED) is 0.772. The van der Waals surface area contributed by atoms with Crippen LogP contribution in [0, 0.1) is 0 Å². The van der Waals surface area contributed by atoms with Gasteiger partial charge >= 0.3 is 0 Å². The SMILES string of the molecule is CCNC(CO)c1ccccc1C1CC1. The fraction of sp³-hybridized carbons (Fsp3) is 0.538. The van der Waals surface area contributed by atoms with Crippen LogP contribution < -0.4 is 5.32 Å². The minimum Gasteiger partial charge on any atom is -0.394 e. The molecule has 2 rings (SSSR count). The number of aliphatic hydroxyl groups excluding tert-OH is 1. The zero-order valence-corrected chi connectivity index (χ0v) is 9.24. The molecule has 0 amide bonds. The molecule has 1 saturated carbocycles. The number of hydrogen-bond donors (Lipinski definition) is 2. The lowest BCUT2D eigenvalue weighted by Crippen LogP contribution is -2.24. The lowest BCUT2D eigenvalue weighted by atomic mass is 9.97. The van der Waals surface area contributed by atoms with Gasteiger partial charge in [0.25, 0.3) is 0 Å². The van der Waals surface area contributed by atoms with Crippen LogP contribution in [0.5, 0.6) is 0 Å². The van der Waals surface area contributed by atoms with Crippen molar-refractivity contribution < 1.29 is 5.11 Å². The lowest BCUT2D eigenvalue weighted by Gasteiger charge is -2.19. The molecule has 1 unspecified atom stereocenters. The van der Waals surface area contributed by atoms with E-state index < -0.39 is 0 Å². The standard InChI is InChI=1S/C13H19NO/c1-2-14-13(9-15)12-6-4-3-5-11(12)10-7-8-10/h3-6,10,13-15H,2,7-9H2,1H3. The Labute approximate surface area is 91.3 Å². The Bertz CT molecular complexity index is 320. The predicted molar refractivity (Wildman–Crippen MR) is 61.9 cm³/mol. The van der Waals surface area contributed by atoms with Crippen LogP contribution in [0.2, 0.25) is 0 Å². The molecule has 0 bridgehead atoms. The van der Waals surface area contributed by atoms with Crippen LogP contribution in [0.1, 0.15) is 42.9 Å². The van der Waals surface area contributed by atoms with Crippen molar-refractivity contribution in [2.75, 3.05) is 13.2 Å². The molecular weight excluding hydrogens is 186 g/mol. The number of hydrogen-bond acceptors (Lipinski definition) is 2. The van der Waals surface area contributed by atoms with E-state index in [1.54, 1.807) is 0 Å². The average Bonchev–Trinajstić information content (AvgIpc) is 3.10. The van der Waals surface area contributed by atoms with E-state index in [0.29, 0.717) is 0 Å². The zero-order chi connectivity index (χ0) is 10.7. The molecule has 1 aromatic carbocycles. The Balaban J connectivity index is 2.23. The highest BCUT2D eigenvalue weighted by atomic mass is 16.3. The Hall–Kier alpha value is -0.860. The number of nitrogens with one attached hydrogen (secondary N) is 1. The molecule has 2 N–H and O–H groups in total. The summed E-state index contributed by atoms with van der Waals surface area (Å²) in [6.45, 7) is 3.14. The molecule has 82 valence electrons. The molecule has 1 atom stereocenters. The predicted octanol–water partition coefficient (Wildman–Crippen LogP) is 2.21. The normalized spacial score (nSPS) is 17.7. The third-order valence-corrected chi connectivity index (χ3v) is 3.02. The van der Waals surface area contributed by atoms with Crippen molar-refractivity contribution in [3.05, 3.63) is 35.4 Å². The van der Waals surface area contributed by atoms with Gasteiger partial charge in [-0.25, -0.2) is 0 Å². The Morgan fingerprint density at radius 2 is 2.13 bits per heavy atom. The summed E-state index contributed by atoms with van der Waals surface area (Å²) in [4.78, 5) is 0. The van der Waals surface area contributed by atoms with Crippen molar-refractivity contribution in [3.63, 3.8) is 0 Å². The van der Waals surface area contributed by atoms with E-state index in [4.69, 9.17) is 0 Å². The van der Waals surface area contributed by atoms with Gasteiger partial charge in [0.15, 0.2) is 0 Å². The Morgan fingerprint density at radius 1 is 1.40 bits per heavy atom. The van der Waals surface area contributed by atoms with Crippen molar-refractivity contribution >= 4 is 0 Å². The van der Waals surface area contributed by atoms with Crippen LogP contribution in [0.15, 0.2) is 24.3 Å². The molecule has 15 heavy (non-hydrogen) atoms. The second-order valence-electron chi connectivity index (χ2n) is 4.20. The van der Waals surface area contributed by atoms with Gasteiger partial charge < -0.3 is 10.4 Å². The number of aliphatic hydroxyl groups is 1. The molecule has 0 aromatic heterocycles. The van der Waals surface area contributed by atoms with E-state index in [2.05, 4.69) is 36.5 Å². The maximum absolute atomic E-state index is 9.37. The number of rotatable bonds is 5. The van der Waals surface area contributed by atoms with Gasteiger partial charge in [0, 0.05) is 0 Å². The second-order valence-corrected chi connectivity index (χ2v) is 4.20. The minimum absolute atomic E-state index is 0.104. The molecule has 0 radical (unpaired) electrons. The zero-order valence-electron chi connectivity index (χ0n) is 9.24. The van der Waals surface area contributed by atoms with Gasteiger partial charge in [0.2, 0.25) is 0 Å². The first-order valence-corrected chi connectivity index (χ1v) is 5.80. The van der Waals surface area contributed by atoms with Crippen LogP contribution in [0.3, 0.4) is 0 Å². The lowest BCUT2D eigenvalue weighted by molar-refractivity contribution is 0.246. The fourth-order valence-electron chi connectivity index (χ4n) is 2.11. The summed E-state index contributed by atoms with van der Waals surface area (Å²) in [5, 5.41) is 12.7. The van der Waals surface area contributed by atoms with Gasteiger partial charge in [-0.15, -0.1) is 0 Å². The van der Waals surface area contributed by atoms with E-state index in [1.807, 2.05) is 0 Å². The molecule has 0 heterocycles. The fourth-order valence-corrected chi connectivity index (χ4v) is 2.11. The van der Waals surface area contributed by atoms with Gasteiger partial charge in [-0.1, -0.05) is 31.2 Å². The minimum atomic E-state index is 0.104. The topological polar surface area (TPSA) is 32.3 Å². The van der Waals surface area contributed by atoms with Gasteiger partial charge in [0.05, 0.1) is 12.6 Å². The monoisotopic (exact) mass is 205 g/mol. The summed E-state index contributed by atoms with van der Waals surface area (Å²) in [6, 6.07) is 8.59. The average molecular weight is 205 g/mol. The van der Waals surface area contributed by atoms with Crippen molar-refractivity contribution in [3.8, 4) is 0 Å². The summed E-state index contributed by atoms with van der Waals surface area (Å²) in [5.41, 5.74) is 2.71. The van der Waals surface area contributed by atoms with Crippen molar-refractivity contribution in [2.24, 2.45) is 0 Å². The highest BCUT2D eigenvalue weighted by Crippen LogP contribution is 2.42. The molecule has 0 aliphatic heterocycles. The molecule has 1 aliphatic rings. The molecule has 1 aromatic rings. The van der Waals surface area contributed by atoms with Gasteiger partial charge in [0.1, 0.15) is 0 Å². The van der Waals surface area contributed by atoms with Gasteiger partial charge in [-0.05, 0) is 36.4 Å². The van der Waals surface area contributed by atoms with Crippen LogP contribution in [-0.4, -0.2) is 18.3 Å². The molecule has 0 spiro atoms. The first-order valence-electron chi connectivity index (χ1n) is 5.80. The van der Waals surface area contributed by atoms with Crippen LogP contribution in [0.4, 0.5) is 0 Å². The first kappa shape index (κ1) is 10.7. The van der Waals surface area contributed by atoms with E-state index in [0.717, 1.165) is 12.5 Å². The van der Waals surface area contributed by atoms with Crippen molar-refractivity contribution in [2.45, 2.75) is 31.7 Å². The summed E-state index contributed by atoms with van der Waals surface area (Å²) in [5.74, 6) is 0.744. The smallest absolute Gasteiger partial charge is 0.0626 e. The van der Waals surface area contributed by atoms with E-state index in [-0.39, 0.29) is 12.6 Å². The summed E-state index contributed by atoms with van der Waals surface area (Å²) < 4.78 is 0. The highest BCUT2D eigenvalue weighted by Gasteiger charge is 2.27. The van der Waals surface area contributed by atoms with Crippen LogP contribution in [0.25, 0.3) is 0 Å². The molecular formula is C13H19NO. The Kier molecular flexibility index (Phi) is 3.39. The molecule has 0 saturated heterocycles. The van der Waals surface area contributed by atoms with Gasteiger partial charge in [-0.3, -0.25) is 0 Å². The van der Waals surface area contributed by atoms with Crippen molar-refractivity contribution in [1.82, 2.24) is 5.32 Å². The van der Waals surface area contributed by atoms with Crippen LogP contribution in [-0.2, 0) is 0 Å². The molecule has 1 fully saturated rings. The molecule has 2 nitrogen and oxygen atoms in total. The largest absolute Gasteiger partial charge is 0.394 e. The summed E-state index contributed by atoms with van der Waals surface area (Å²) in [7, 11) is 0. The Morgan fingerprint density at radius 3 is 2.73 bits per heavy atom. The van der Waals surface area contributed by atoms with E-state index in [9.17, 15) is 5.11 Å². The molecule has 1 aliphatic carbocycles. The number of benzene rings is 1. The van der Waals surface area contributed by atoms with E-state index >= 15 is 0 Å². The maximum atomic E-state index is 9.37. The third kappa shape index (κ3) is 2.39. The maximum Gasteiger partial charge on any atom is 0.0626 e. The third-order valence-electron chi connectivity index (χ3n) is 3.02. The van der Waals surface area contributed by atoms with Crippen LogP contribution >= 0.6 is 0 Å². The summed E-state index contributed by atoms with van der Waals surface area (Å²) in [6.07, 6.45) is 2.61. The van der Waals surface area contributed by atoms with Gasteiger partial charge in [-0.2, -0.15) is 0 Å². The second kappa shape index (κ2) is 4.77. The first-order chi connectivity index (χ1) is 7.36. The molecule has 2 heteroatoms.